The second-order valence-corrected chi connectivity index (χ2v) is 9.63. The van der Waals surface area contributed by atoms with Crippen molar-refractivity contribution in [1.29, 1.82) is 0 Å². The minimum atomic E-state index is -0.240. The van der Waals surface area contributed by atoms with Gasteiger partial charge in [0.05, 0.1) is 7.11 Å². The van der Waals surface area contributed by atoms with Crippen LogP contribution >= 0.6 is 11.3 Å². The maximum atomic E-state index is 13.4. The summed E-state index contributed by atoms with van der Waals surface area (Å²) in [6.45, 7) is 3.12. The Bertz CT molecular complexity index is 1470. The molecule has 36 heavy (non-hydrogen) atoms. The van der Waals surface area contributed by atoms with Crippen LogP contribution in [0.2, 0.25) is 0 Å². The highest BCUT2D eigenvalue weighted by Gasteiger charge is 2.33. The molecule has 0 saturated heterocycles. The van der Waals surface area contributed by atoms with E-state index in [1.54, 1.807) is 24.5 Å². The Labute approximate surface area is 214 Å². The van der Waals surface area contributed by atoms with Gasteiger partial charge in [0.25, 0.3) is 11.8 Å². The van der Waals surface area contributed by atoms with Crippen molar-refractivity contribution in [2.24, 2.45) is 0 Å². The van der Waals surface area contributed by atoms with Crippen LogP contribution in [0.1, 0.15) is 56.5 Å². The number of carbonyl (C=O) groups is 2. The highest BCUT2D eigenvalue weighted by molar-refractivity contribution is 7.09. The first-order valence-electron chi connectivity index (χ1n) is 12.0. The van der Waals surface area contributed by atoms with E-state index in [0.29, 0.717) is 29.6 Å². The molecule has 0 saturated carbocycles. The van der Waals surface area contributed by atoms with Crippen LogP contribution in [0, 0.1) is 11.8 Å². The third-order valence-electron chi connectivity index (χ3n) is 6.31. The largest absolute Gasteiger partial charge is 0.497 e. The van der Waals surface area contributed by atoms with Gasteiger partial charge in [0.2, 0.25) is 0 Å². The molecule has 2 amide bonds. The molecular formula is C30H26N2O3S. The van der Waals surface area contributed by atoms with E-state index < -0.39 is 0 Å². The van der Waals surface area contributed by atoms with Crippen LogP contribution in [0.5, 0.6) is 5.75 Å². The van der Waals surface area contributed by atoms with E-state index in [1.807, 2.05) is 60.8 Å². The summed E-state index contributed by atoms with van der Waals surface area (Å²) in [4.78, 5) is 29.3. The molecule has 3 aromatic carbocycles. The van der Waals surface area contributed by atoms with Crippen molar-refractivity contribution in [3.63, 3.8) is 0 Å². The summed E-state index contributed by atoms with van der Waals surface area (Å²) in [5, 5.41) is 7.04. The summed E-state index contributed by atoms with van der Waals surface area (Å²) in [5.41, 5.74) is 3.56. The van der Waals surface area contributed by atoms with Gasteiger partial charge in [-0.3, -0.25) is 14.5 Å². The van der Waals surface area contributed by atoms with Gasteiger partial charge in [-0.05, 0) is 66.4 Å². The number of unbranched alkanes of at least 4 members (excludes halogenated alkanes) is 1. The smallest absolute Gasteiger partial charge is 0.261 e. The van der Waals surface area contributed by atoms with Gasteiger partial charge in [-0.1, -0.05) is 31.3 Å². The molecule has 5 nitrogen and oxygen atoms in total. The van der Waals surface area contributed by atoms with Gasteiger partial charge in [0.1, 0.15) is 5.75 Å². The molecule has 1 aromatic heterocycles. The first kappa shape index (κ1) is 23.7. The Kier molecular flexibility index (Phi) is 6.75. The first-order chi connectivity index (χ1) is 17.6. The molecule has 4 aromatic rings. The standard InChI is InChI=1S/C30H26N2O3S/c1-3-4-17-32-29(33)24-14-11-21(10-7-20-8-12-22(35-2)13-9-20)27-26(31-19-23-6-5-18-36-23)16-15-25(28(24)27)30(32)34/h5-6,8-9,11-16,18,31H,3-4,17,19H2,1-2H3. The Morgan fingerprint density at radius 2 is 1.67 bits per heavy atom. The third-order valence-corrected chi connectivity index (χ3v) is 7.19. The number of anilines is 1. The highest BCUT2D eigenvalue weighted by Crippen LogP contribution is 2.37. The van der Waals surface area contributed by atoms with Crippen molar-refractivity contribution in [3.05, 3.63) is 93.2 Å². The zero-order chi connectivity index (χ0) is 25.1. The molecule has 0 bridgehead atoms. The zero-order valence-corrected chi connectivity index (χ0v) is 21.1. The van der Waals surface area contributed by atoms with E-state index in [-0.39, 0.29) is 11.8 Å². The SMILES string of the molecule is CCCCN1C(=O)c2ccc(C#Cc3ccc(OC)cc3)c3c(NCc4cccs4)ccc(c23)C1=O. The van der Waals surface area contributed by atoms with Crippen molar-refractivity contribution in [2.45, 2.75) is 26.3 Å². The predicted octanol–water partition coefficient (Wildman–Crippen LogP) is 6.32. The van der Waals surface area contributed by atoms with E-state index in [1.165, 1.54) is 9.78 Å². The fraction of sp³-hybridized carbons (Fsp3) is 0.200. The van der Waals surface area contributed by atoms with Crippen molar-refractivity contribution < 1.29 is 14.3 Å². The number of nitrogens with zero attached hydrogens (tertiary/aromatic N) is 1. The molecule has 0 fully saturated rings. The van der Waals surface area contributed by atoms with E-state index in [0.717, 1.165) is 40.8 Å². The van der Waals surface area contributed by atoms with Gasteiger partial charge in [0.15, 0.2) is 0 Å². The number of hydrogen-bond acceptors (Lipinski definition) is 5. The molecular weight excluding hydrogens is 468 g/mol. The average Bonchev–Trinajstić information content (AvgIpc) is 3.43. The topological polar surface area (TPSA) is 58.6 Å². The normalized spacial score (nSPS) is 12.4. The van der Waals surface area contributed by atoms with E-state index in [9.17, 15) is 9.59 Å². The Morgan fingerprint density at radius 3 is 2.33 bits per heavy atom. The van der Waals surface area contributed by atoms with Crippen LogP contribution in [0.25, 0.3) is 10.8 Å². The molecule has 2 heterocycles. The molecule has 1 N–H and O–H groups in total. The predicted molar refractivity (Wildman–Crippen MR) is 145 cm³/mol. The lowest BCUT2D eigenvalue weighted by Crippen LogP contribution is -2.41. The fourth-order valence-corrected chi connectivity index (χ4v) is 5.06. The number of ether oxygens (including phenoxy) is 1. The Hall–Kier alpha value is -4.08. The Balaban J connectivity index is 1.64. The molecule has 0 unspecified atom stereocenters. The van der Waals surface area contributed by atoms with E-state index >= 15 is 0 Å². The van der Waals surface area contributed by atoms with Gasteiger partial charge in [-0.15, -0.1) is 11.3 Å². The van der Waals surface area contributed by atoms with Crippen LogP contribution in [0.15, 0.2) is 66.0 Å². The second-order valence-electron chi connectivity index (χ2n) is 8.60. The third kappa shape index (κ3) is 4.46. The summed E-state index contributed by atoms with van der Waals surface area (Å²) in [5.74, 6) is 6.80. The number of benzene rings is 3. The summed E-state index contributed by atoms with van der Waals surface area (Å²) in [7, 11) is 1.63. The van der Waals surface area contributed by atoms with Gasteiger partial charge in [0, 0.05) is 56.7 Å². The molecule has 0 aliphatic carbocycles. The minimum absolute atomic E-state index is 0.240. The van der Waals surface area contributed by atoms with Crippen molar-refractivity contribution in [2.75, 3.05) is 19.0 Å². The molecule has 0 radical (unpaired) electrons. The van der Waals surface area contributed by atoms with E-state index in [2.05, 4.69) is 23.2 Å². The second kappa shape index (κ2) is 10.3. The minimum Gasteiger partial charge on any atom is -0.497 e. The average molecular weight is 495 g/mol. The van der Waals surface area contributed by atoms with E-state index in [4.69, 9.17) is 4.74 Å². The first-order valence-corrected chi connectivity index (χ1v) is 12.9. The number of nitrogens with one attached hydrogen (secondary N) is 1. The summed E-state index contributed by atoms with van der Waals surface area (Å²) in [6, 6.07) is 19.1. The van der Waals surface area contributed by atoms with Gasteiger partial charge in [-0.2, -0.15) is 0 Å². The molecule has 1 aliphatic rings. The highest BCUT2D eigenvalue weighted by atomic mass is 32.1. The number of imide groups is 1. The molecule has 0 spiro atoms. The van der Waals surface area contributed by atoms with Crippen LogP contribution < -0.4 is 10.1 Å². The molecule has 6 heteroatoms. The van der Waals surface area contributed by atoms with Gasteiger partial charge < -0.3 is 10.1 Å². The lowest BCUT2D eigenvalue weighted by atomic mass is 9.90. The fourth-order valence-electron chi connectivity index (χ4n) is 4.42. The van der Waals surface area contributed by atoms with Crippen molar-refractivity contribution in [3.8, 4) is 17.6 Å². The number of amides is 2. The summed E-state index contributed by atoms with van der Waals surface area (Å²) >= 11 is 1.68. The van der Waals surface area contributed by atoms with Crippen LogP contribution in [0.3, 0.4) is 0 Å². The number of rotatable bonds is 7. The monoisotopic (exact) mass is 494 g/mol. The maximum Gasteiger partial charge on any atom is 0.261 e. The molecule has 1 aliphatic heterocycles. The summed E-state index contributed by atoms with van der Waals surface area (Å²) < 4.78 is 5.24. The van der Waals surface area contributed by atoms with Crippen molar-refractivity contribution in [1.82, 2.24) is 4.90 Å². The van der Waals surface area contributed by atoms with Gasteiger partial charge in [-0.25, -0.2) is 0 Å². The number of hydrogen-bond donors (Lipinski definition) is 1. The summed E-state index contributed by atoms with van der Waals surface area (Å²) in [6.07, 6.45) is 1.69. The lowest BCUT2D eigenvalue weighted by Gasteiger charge is -2.28. The van der Waals surface area contributed by atoms with Crippen LogP contribution in [-0.2, 0) is 6.54 Å². The number of methoxy groups -OCH3 is 1. The molecule has 5 rings (SSSR count). The maximum absolute atomic E-state index is 13.4. The zero-order valence-electron chi connectivity index (χ0n) is 20.3. The van der Waals surface area contributed by atoms with Crippen molar-refractivity contribution >= 4 is 39.6 Å². The van der Waals surface area contributed by atoms with Crippen LogP contribution in [-0.4, -0.2) is 30.4 Å². The molecule has 180 valence electrons. The lowest BCUT2D eigenvalue weighted by molar-refractivity contribution is 0.0608. The number of carbonyl (C=O) groups excluding carboxylic acids is 2. The van der Waals surface area contributed by atoms with Crippen LogP contribution in [0.4, 0.5) is 5.69 Å². The quantitative estimate of drug-likeness (QED) is 0.241. The Morgan fingerprint density at radius 1 is 0.917 bits per heavy atom. The number of thiophene rings is 1. The molecule has 0 atom stereocenters. The van der Waals surface area contributed by atoms with Gasteiger partial charge >= 0.3 is 0 Å².